The SMILES string of the molecule is O=C([O-])C(CCc1ccco1)c1cccc2ccccc12.[Na+]. The Kier molecular flexibility index (Phi) is 5.83. The van der Waals surface area contributed by atoms with Crippen LogP contribution < -0.4 is 34.7 Å². The Morgan fingerprint density at radius 2 is 1.82 bits per heavy atom. The fourth-order valence-electron chi connectivity index (χ4n) is 2.70. The van der Waals surface area contributed by atoms with Gasteiger partial charge >= 0.3 is 29.6 Å². The van der Waals surface area contributed by atoms with E-state index < -0.39 is 11.9 Å². The van der Waals surface area contributed by atoms with Crippen molar-refractivity contribution in [2.24, 2.45) is 0 Å². The summed E-state index contributed by atoms with van der Waals surface area (Å²) in [6, 6.07) is 17.2. The van der Waals surface area contributed by atoms with Gasteiger partial charge in [0.15, 0.2) is 0 Å². The molecule has 106 valence electrons. The minimum Gasteiger partial charge on any atom is -0.549 e. The fourth-order valence-corrected chi connectivity index (χ4v) is 2.70. The summed E-state index contributed by atoms with van der Waals surface area (Å²) in [5.41, 5.74) is 0.805. The molecule has 0 amide bonds. The van der Waals surface area contributed by atoms with E-state index in [1.165, 1.54) is 0 Å². The Hall–Kier alpha value is -1.55. The third-order valence-electron chi connectivity index (χ3n) is 3.74. The Morgan fingerprint density at radius 1 is 1.05 bits per heavy atom. The second-order valence-electron chi connectivity index (χ2n) is 5.06. The zero-order valence-electron chi connectivity index (χ0n) is 12.5. The van der Waals surface area contributed by atoms with Crippen LogP contribution in [0, 0.1) is 0 Å². The zero-order valence-corrected chi connectivity index (χ0v) is 14.5. The second kappa shape index (κ2) is 7.63. The van der Waals surface area contributed by atoms with Gasteiger partial charge in [-0.3, -0.25) is 0 Å². The van der Waals surface area contributed by atoms with Crippen molar-refractivity contribution in [3.05, 3.63) is 72.2 Å². The van der Waals surface area contributed by atoms with E-state index in [-0.39, 0.29) is 29.6 Å². The second-order valence-corrected chi connectivity index (χ2v) is 5.06. The van der Waals surface area contributed by atoms with Crippen molar-refractivity contribution in [1.82, 2.24) is 0 Å². The number of hydrogen-bond donors (Lipinski definition) is 0. The maximum Gasteiger partial charge on any atom is 1.00 e. The average Bonchev–Trinajstić information content (AvgIpc) is 3.01. The van der Waals surface area contributed by atoms with Crippen molar-refractivity contribution < 1.29 is 43.9 Å². The van der Waals surface area contributed by atoms with E-state index in [0.29, 0.717) is 12.8 Å². The molecule has 2 aromatic carbocycles. The number of carboxylic acids is 1. The predicted molar refractivity (Wildman–Crippen MR) is 78.7 cm³/mol. The van der Waals surface area contributed by atoms with E-state index in [1.54, 1.807) is 12.3 Å². The number of aliphatic carboxylic acids is 1. The summed E-state index contributed by atoms with van der Waals surface area (Å²) in [5, 5.41) is 13.6. The Balaban J connectivity index is 0.00000176. The van der Waals surface area contributed by atoms with E-state index in [9.17, 15) is 9.90 Å². The van der Waals surface area contributed by atoms with Crippen molar-refractivity contribution in [3.63, 3.8) is 0 Å². The largest absolute Gasteiger partial charge is 1.00 e. The number of benzene rings is 2. The summed E-state index contributed by atoms with van der Waals surface area (Å²) in [6.07, 6.45) is 2.64. The topological polar surface area (TPSA) is 53.3 Å². The molecule has 0 aliphatic heterocycles. The third-order valence-corrected chi connectivity index (χ3v) is 3.74. The van der Waals surface area contributed by atoms with Gasteiger partial charge in [-0.1, -0.05) is 42.5 Å². The molecule has 0 spiro atoms. The van der Waals surface area contributed by atoms with Gasteiger partial charge in [0.05, 0.1) is 6.26 Å². The molecule has 0 radical (unpaired) electrons. The molecule has 3 rings (SSSR count). The molecule has 0 saturated carbocycles. The molecule has 4 heteroatoms. The van der Waals surface area contributed by atoms with E-state index in [4.69, 9.17) is 4.42 Å². The van der Waals surface area contributed by atoms with E-state index in [2.05, 4.69) is 0 Å². The monoisotopic (exact) mass is 302 g/mol. The molecule has 1 atom stereocenters. The molecule has 3 aromatic rings. The first-order valence-electron chi connectivity index (χ1n) is 6.96. The van der Waals surface area contributed by atoms with Crippen LogP contribution in [0.25, 0.3) is 10.8 Å². The third kappa shape index (κ3) is 3.61. The van der Waals surface area contributed by atoms with Crippen LogP contribution in [-0.4, -0.2) is 5.97 Å². The van der Waals surface area contributed by atoms with Gasteiger partial charge in [0, 0.05) is 18.3 Å². The number of fused-ring (bicyclic) bond motifs is 1. The summed E-state index contributed by atoms with van der Waals surface area (Å²) in [7, 11) is 0. The minimum atomic E-state index is -1.04. The number of furan rings is 1. The van der Waals surface area contributed by atoms with Gasteiger partial charge in [-0.05, 0) is 34.9 Å². The molecule has 0 fully saturated rings. The van der Waals surface area contributed by atoms with Gasteiger partial charge in [0.2, 0.25) is 0 Å². The summed E-state index contributed by atoms with van der Waals surface area (Å²) in [6.45, 7) is 0. The summed E-state index contributed by atoms with van der Waals surface area (Å²) >= 11 is 0. The van der Waals surface area contributed by atoms with Gasteiger partial charge in [0.25, 0.3) is 0 Å². The van der Waals surface area contributed by atoms with Crippen molar-refractivity contribution in [2.75, 3.05) is 0 Å². The summed E-state index contributed by atoms with van der Waals surface area (Å²) in [5.74, 6) is -0.888. The van der Waals surface area contributed by atoms with E-state index in [0.717, 1.165) is 22.1 Å². The van der Waals surface area contributed by atoms with Crippen LogP contribution in [-0.2, 0) is 11.2 Å². The quantitative estimate of drug-likeness (QED) is 0.619. The first kappa shape index (κ1) is 16.8. The van der Waals surface area contributed by atoms with E-state index in [1.807, 2.05) is 48.5 Å². The van der Waals surface area contributed by atoms with Crippen LogP contribution in [0.3, 0.4) is 0 Å². The molecule has 0 N–H and O–H groups in total. The van der Waals surface area contributed by atoms with Gasteiger partial charge in [-0.25, -0.2) is 0 Å². The summed E-state index contributed by atoms with van der Waals surface area (Å²) in [4.78, 5) is 11.6. The van der Waals surface area contributed by atoms with Crippen LogP contribution in [0.2, 0.25) is 0 Å². The van der Waals surface area contributed by atoms with Crippen LogP contribution in [0.1, 0.15) is 23.7 Å². The molecule has 0 bridgehead atoms. The molecular weight excluding hydrogens is 287 g/mol. The fraction of sp³-hybridized carbons (Fsp3) is 0.167. The summed E-state index contributed by atoms with van der Waals surface area (Å²) < 4.78 is 5.27. The number of carbonyl (C=O) groups is 1. The molecule has 1 unspecified atom stereocenters. The standard InChI is InChI=1S/C18H16O3.Na/c19-18(20)17(11-10-14-7-4-12-21-14)16-9-3-6-13-5-1-2-8-15(13)16;/h1-9,12,17H,10-11H2,(H,19,20);/q;+1/p-1. The Labute approximate surface area is 151 Å². The van der Waals surface area contributed by atoms with Crippen molar-refractivity contribution in [3.8, 4) is 0 Å². The molecule has 3 nitrogen and oxygen atoms in total. The molecular formula is C18H15NaO3. The van der Waals surface area contributed by atoms with Gasteiger partial charge < -0.3 is 14.3 Å². The van der Waals surface area contributed by atoms with Crippen LogP contribution in [0.4, 0.5) is 0 Å². The van der Waals surface area contributed by atoms with Crippen LogP contribution in [0.5, 0.6) is 0 Å². The van der Waals surface area contributed by atoms with Crippen LogP contribution >= 0.6 is 0 Å². The van der Waals surface area contributed by atoms with Gasteiger partial charge in [-0.2, -0.15) is 0 Å². The van der Waals surface area contributed by atoms with Crippen LogP contribution in [0.15, 0.2) is 65.3 Å². The van der Waals surface area contributed by atoms with Gasteiger partial charge in [0.1, 0.15) is 5.76 Å². The van der Waals surface area contributed by atoms with Gasteiger partial charge in [-0.15, -0.1) is 0 Å². The predicted octanol–water partition coefficient (Wildman–Crippen LogP) is -0.0969. The minimum absolute atomic E-state index is 0. The van der Waals surface area contributed by atoms with Crippen molar-refractivity contribution in [2.45, 2.75) is 18.8 Å². The molecule has 1 heterocycles. The number of hydrogen-bond acceptors (Lipinski definition) is 3. The maximum absolute atomic E-state index is 11.6. The zero-order chi connectivity index (χ0) is 14.7. The van der Waals surface area contributed by atoms with Crippen molar-refractivity contribution >= 4 is 16.7 Å². The number of carbonyl (C=O) groups excluding carboxylic acids is 1. The Bertz CT molecular complexity index is 745. The smallest absolute Gasteiger partial charge is 0.549 e. The number of rotatable bonds is 5. The first-order valence-corrected chi connectivity index (χ1v) is 6.96. The molecule has 0 aliphatic rings. The molecule has 0 saturated heterocycles. The van der Waals surface area contributed by atoms with E-state index >= 15 is 0 Å². The maximum atomic E-state index is 11.6. The average molecular weight is 302 g/mol. The molecule has 22 heavy (non-hydrogen) atoms. The number of carboxylic acid groups (broad SMARTS) is 1. The molecule has 1 aromatic heterocycles. The normalized spacial score (nSPS) is 11.8. The van der Waals surface area contributed by atoms with Crippen molar-refractivity contribution in [1.29, 1.82) is 0 Å². The Morgan fingerprint density at radius 3 is 2.55 bits per heavy atom. The first-order chi connectivity index (χ1) is 10.3. The number of aryl methyl sites for hydroxylation is 1. The molecule has 0 aliphatic carbocycles.